The van der Waals surface area contributed by atoms with E-state index in [4.69, 9.17) is 11.6 Å². The smallest absolute Gasteiger partial charge is 0.318 e. The highest BCUT2D eigenvalue weighted by Crippen LogP contribution is 2.21. The van der Waals surface area contributed by atoms with Crippen LogP contribution in [0.15, 0.2) is 63.5 Å². The first-order chi connectivity index (χ1) is 12.0. The molecule has 0 unspecified atom stereocenters. The third kappa shape index (κ3) is 6.57. The van der Waals surface area contributed by atoms with Gasteiger partial charge in [0.1, 0.15) is 5.71 Å². The Bertz CT molecular complexity index is 774. The van der Waals surface area contributed by atoms with Gasteiger partial charge in [-0.15, -0.1) is 24.4 Å². The van der Waals surface area contributed by atoms with Gasteiger partial charge in [0, 0.05) is 39.5 Å². The largest absolute Gasteiger partial charge is 0.331 e. The first-order valence-electron chi connectivity index (χ1n) is 7.42. The van der Waals surface area contributed by atoms with Gasteiger partial charge in [-0.1, -0.05) is 16.8 Å². The summed E-state index contributed by atoms with van der Waals surface area (Å²) in [4.78, 5) is 30.1. The minimum absolute atomic E-state index is 0.198. The Morgan fingerprint density at radius 1 is 1.12 bits per heavy atom. The van der Waals surface area contributed by atoms with Crippen LogP contribution < -0.4 is 0 Å². The Labute approximate surface area is 161 Å². The minimum atomic E-state index is -0.568. The molecule has 0 aliphatic rings. The molecule has 0 bridgehead atoms. The van der Waals surface area contributed by atoms with E-state index in [1.807, 2.05) is 24.3 Å². The van der Waals surface area contributed by atoms with E-state index in [1.54, 1.807) is 36.0 Å². The molecule has 2 aromatic carbocycles. The van der Waals surface area contributed by atoms with Gasteiger partial charge in [-0.05, 0) is 48.5 Å². The Morgan fingerprint density at radius 3 is 2.36 bits per heavy atom. The summed E-state index contributed by atoms with van der Waals surface area (Å²) in [5, 5.41) is 4.40. The highest BCUT2D eigenvalue weighted by Gasteiger charge is 2.15. The van der Waals surface area contributed by atoms with E-state index in [2.05, 4.69) is 22.6 Å². The molecule has 25 heavy (non-hydrogen) atoms. The first kappa shape index (κ1) is 19.6. The van der Waals surface area contributed by atoms with Gasteiger partial charge in [0.15, 0.2) is 0 Å². The Balaban J connectivity index is 2.05. The molecular weight excluding hydrogens is 378 g/mol. The number of carbonyl (C=O) groups is 2. The lowest BCUT2D eigenvalue weighted by Gasteiger charge is -2.06. The molecule has 7 heteroatoms. The number of thioether (sulfide) groups is 1. The second-order valence-corrected chi connectivity index (χ2v) is 7.17. The molecule has 0 saturated carbocycles. The van der Waals surface area contributed by atoms with Crippen LogP contribution in [0.2, 0.25) is 5.02 Å². The van der Waals surface area contributed by atoms with Crippen LogP contribution in [0.25, 0.3) is 0 Å². The van der Waals surface area contributed by atoms with Gasteiger partial charge in [-0.3, -0.25) is 4.79 Å². The van der Waals surface area contributed by atoms with E-state index < -0.39 is 5.97 Å². The van der Waals surface area contributed by atoms with Crippen molar-refractivity contribution in [3.8, 4) is 0 Å². The Hall–Kier alpha value is -1.76. The molecule has 0 heterocycles. The standard InChI is InChI=1S/C18H16ClNO3S2/c1-12(21)23-20-17(18(22)13-2-6-15(24)7-3-13)10-11-25-16-8-4-14(19)5-9-16/h2-9,24H,10-11H2,1H3/b20-17+. The average molecular weight is 394 g/mol. The van der Waals surface area contributed by atoms with Crippen molar-refractivity contribution in [3.05, 3.63) is 59.1 Å². The molecule has 0 radical (unpaired) electrons. The number of hydrogen-bond acceptors (Lipinski definition) is 6. The fraction of sp³-hybridized carbons (Fsp3) is 0.167. The van der Waals surface area contributed by atoms with Crippen LogP contribution in [0.5, 0.6) is 0 Å². The fourth-order valence-corrected chi connectivity index (χ4v) is 3.03. The third-order valence-corrected chi connectivity index (χ3v) is 4.66. The summed E-state index contributed by atoms with van der Waals surface area (Å²) in [6.07, 6.45) is 0.363. The molecule has 130 valence electrons. The van der Waals surface area contributed by atoms with E-state index >= 15 is 0 Å². The summed E-state index contributed by atoms with van der Waals surface area (Å²) in [5.41, 5.74) is 0.670. The zero-order chi connectivity index (χ0) is 18.2. The summed E-state index contributed by atoms with van der Waals surface area (Å²) in [7, 11) is 0. The first-order valence-corrected chi connectivity index (χ1v) is 9.23. The SMILES string of the molecule is CC(=O)O/N=C(\CCSc1ccc(Cl)cc1)C(=O)c1ccc(S)cc1. The number of carbonyl (C=O) groups excluding carboxylic acids is 2. The molecule has 0 N–H and O–H groups in total. The fourth-order valence-electron chi connectivity index (χ4n) is 1.90. The Morgan fingerprint density at radius 2 is 1.76 bits per heavy atom. The number of oxime groups is 1. The normalized spacial score (nSPS) is 11.2. The summed E-state index contributed by atoms with van der Waals surface area (Å²) in [6, 6.07) is 14.2. The summed E-state index contributed by atoms with van der Waals surface area (Å²) in [6.45, 7) is 1.24. The molecule has 0 amide bonds. The van der Waals surface area contributed by atoms with Crippen LogP contribution in [-0.2, 0) is 9.63 Å². The van der Waals surface area contributed by atoms with Crippen molar-refractivity contribution in [2.24, 2.45) is 5.16 Å². The van der Waals surface area contributed by atoms with Gasteiger partial charge in [-0.2, -0.15) is 0 Å². The lowest BCUT2D eigenvalue weighted by atomic mass is 10.1. The molecule has 0 atom stereocenters. The van der Waals surface area contributed by atoms with E-state index in [0.717, 1.165) is 9.79 Å². The number of thiol groups is 1. The predicted molar refractivity (Wildman–Crippen MR) is 104 cm³/mol. The molecule has 2 aromatic rings. The molecule has 2 rings (SSSR count). The average Bonchev–Trinajstić information content (AvgIpc) is 2.59. The van der Waals surface area contributed by atoms with Crippen molar-refractivity contribution in [2.45, 2.75) is 23.1 Å². The van der Waals surface area contributed by atoms with Crippen LogP contribution in [0.1, 0.15) is 23.7 Å². The van der Waals surface area contributed by atoms with E-state index in [0.29, 0.717) is 22.8 Å². The predicted octanol–water partition coefficient (Wildman–Crippen LogP) is 4.91. The molecule has 0 aromatic heterocycles. The summed E-state index contributed by atoms with van der Waals surface area (Å²) < 4.78 is 0. The monoisotopic (exact) mass is 393 g/mol. The van der Waals surface area contributed by atoms with Crippen LogP contribution >= 0.6 is 36.0 Å². The molecule has 0 fully saturated rings. The molecule has 0 saturated heterocycles. The maximum absolute atomic E-state index is 12.6. The number of rotatable bonds is 7. The maximum Gasteiger partial charge on any atom is 0.331 e. The number of nitrogens with zero attached hydrogens (tertiary/aromatic N) is 1. The molecule has 0 aliphatic carbocycles. The van der Waals surface area contributed by atoms with Crippen molar-refractivity contribution in [1.82, 2.24) is 0 Å². The highest BCUT2D eigenvalue weighted by atomic mass is 35.5. The Kier molecular flexibility index (Phi) is 7.55. The summed E-state index contributed by atoms with van der Waals surface area (Å²) in [5.74, 6) is -0.231. The van der Waals surface area contributed by atoms with Crippen LogP contribution in [-0.4, -0.2) is 23.2 Å². The highest BCUT2D eigenvalue weighted by molar-refractivity contribution is 7.99. The quantitative estimate of drug-likeness (QED) is 0.181. The molecule has 4 nitrogen and oxygen atoms in total. The van der Waals surface area contributed by atoms with Gasteiger partial charge in [0.2, 0.25) is 5.78 Å². The van der Waals surface area contributed by atoms with E-state index in [9.17, 15) is 9.59 Å². The number of ketones is 1. The molecule has 0 spiro atoms. The number of halogens is 1. The van der Waals surface area contributed by atoms with Gasteiger partial charge in [0.25, 0.3) is 0 Å². The van der Waals surface area contributed by atoms with E-state index in [1.165, 1.54) is 6.92 Å². The van der Waals surface area contributed by atoms with Crippen LogP contribution in [0.4, 0.5) is 0 Å². The van der Waals surface area contributed by atoms with Crippen LogP contribution in [0.3, 0.4) is 0 Å². The van der Waals surface area contributed by atoms with Crippen molar-refractivity contribution in [3.63, 3.8) is 0 Å². The second-order valence-electron chi connectivity index (χ2n) is 5.05. The van der Waals surface area contributed by atoms with Gasteiger partial charge < -0.3 is 4.84 Å². The number of benzene rings is 2. The van der Waals surface area contributed by atoms with Crippen LogP contribution in [0, 0.1) is 0 Å². The second kappa shape index (κ2) is 9.65. The van der Waals surface area contributed by atoms with Gasteiger partial charge in [0.05, 0.1) is 0 Å². The summed E-state index contributed by atoms with van der Waals surface area (Å²) >= 11 is 11.6. The van der Waals surface area contributed by atoms with E-state index in [-0.39, 0.29) is 11.5 Å². The lowest BCUT2D eigenvalue weighted by molar-refractivity contribution is -0.140. The zero-order valence-corrected chi connectivity index (χ0v) is 15.9. The van der Waals surface area contributed by atoms with Crippen molar-refractivity contribution < 1.29 is 14.4 Å². The van der Waals surface area contributed by atoms with Gasteiger partial charge >= 0.3 is 5.97 Å². The minimum Gasteiger partial charge on any atom is -0.318 e. The number of hydrogen-bond donors (Lipinski definition) is 1. The molecule has 0 aliphatic heterocycles. The van der Waals surface area contributed by atoms with Crippen molar-refractivity contribution in [1.29, 1.82) is 0 Å². The van der Waals surface area contributed by atoms with Gasteiger partial charge in [-0.25, -0.2) is 4.79 Å². The zero-order valence-electron chi connectivity index (χ0n) is 13.4. The third-order valence-electron chi connectivity index (χ3n) is 3.10. The lowest BCUT2D eigenvalue weighted by Crippen LogP contribution is -2.16. The number of Topliss-reactive ketones (excluding diaryl/α,β-unsaturated/α-hetero) is 1. The topological polar surface area (TPSA) is 55.7 Å². The van der Waals surface area contributed by atoms with Crippen molar-refractivity contribution >= 4 is 53.5 Å². The molecular formula is C18H16ClNO3S2. The maximum atomic E-state index is 12.6. The van der Waals surface area contributed by atoms with Crippen molar-refractivity contribution in [2.75, 3.05) is 5.75 Å².